The Labute approximate surface area is 229 Å². The monoisotopic (exact) mass is 568 g/mol. The first-order valence-electron chi connectivity index (χ1n) is 12.6. The summed E-state index contributed by atoms with van der Waals surface area (Å²) >= 11 is 0. The Morgan fingerprint density at radius 1 is 1.25 bits per heavy atom. The lowest BCUT2D eigenvalue weighted by Crippen LogP contribution is -2.53. The number of sulfone groups is 1. The topological polar surface area (TPSA) is 177 Å². The second-order valence-corrected chi connectivity index (χ2v) is 12.3. The van der Waals surface area contributed by atoms with E-state index in [9.17, 15) is 23.3 Å². The summed E-state index contributed by atoms with van der Waals surface area (Å²) in [4.78, 5) is 28.2. The first-order chi connectivity index (χ1) is 19.0. The van der Waals surface area contributed by atoms with E-state index in [1.807, 2.05) is 6.92 Å². The van der Waals surface area contributed by atoms with Crippen molar-refractivity contribution in [2.45, 2.75) is 29.6 Å². The average molecular weight is 569 g/mol. The smallest absolute Gasteiger partial charge is 0.312 e. The molecule has 0 saturated carbocycles. The SMILES string of the molecule is CC1(COc2ccc(S(=O)(=O)C3(Oc4cnc5[nH]ccc5c4)C=CC=CC3C(N)=O)cc2[N+](=O)[O-])CCOCC1. The van der Waals surface area contributed by atoms with E-state index in [1.165, 1.54) is 42.6 Å². The van der Waals surface area contributed by atoms with E-state index < -0.39 is 42.1 Å². The number of pyridine rings is 1. The molecule has 3 aromatic rings. The lowest BCUT2D eigenvalue weighted by atomic mass is 9.83. The van der Waals surface area contributed by atoms with Crippen molar-refractivity contribution in [2.24, 2.45) is 17.1 Å². The minimum Gasteiger partial charge on any atom is -0.486 e. The molecule has 3 heterocycles. The molecule has 1 amide bonds. The van der Waals surface area contributed by atoms with E-state index in [-0.39, 0.29) is 23.5 Å². The summed E-state index contributed by atoms with van der Waals surface area (Å²) in [6, 6.07) is 6.65. The molecule has 5 rings (SSSR count). The molecule has 0 radical (unpaired) electrons. The summed E-state index contributed by atoms with van der Waals surface area (Å²) in [5, 5.41) is 12.7. The number of nitrogens with zero attached hydrogens (tertiary/aromatic N) is 2. The van der Waals surface area contributed by atoms with Crippen molar-refractivity contribution in [3.8, 4) is 11.5 Å². The van der Waals surface area contributed by atoms with Crippen molar-refractivity contribution in [3.05, 3.63) is 77.1 Å². The van der Waals surface area contributed by atoms with Gasteiger partial charge in [-0.25, -0.2) is 13.4 Å². The number of nitro groups is 1. The first-order valence-corrected chi connectivity index (χ1v) is 14.0. The molecule has 2 unspecified atom stereocenters. The normalized spacial score (nSPS) is 22.2. The molecule has 0 bridgehead atoms. The highest BCUT2D eigenvalue weighted by Gasteiger charge is 2.54. The molecule has 1 aromatic carbocycles. The van der Waals surface area contributed by atoms with Gasteiger partial charge in [-0.3, -0.25) is 14.9 Å². The number of aromatic nitrogens is 2. The van der Waals surface area contributed by atoms with Gasteiger partial charge in [0.25, 0.3) is 0 Å². The fourth-order valence-corrected chi connectivity index (χ4v) is 6.71. The third-order valence-electron chi connectivity index (χ3n) is 7.27. The van der Waals surface area contributed by atoms with Gasteiger partial charge in [-0.2, -0.15) is 0 Å². The van der Waals surface area contributed by atoms with Crippen molar-refractivity contribution in [2.75, 3.05) is 19.8 Å². The van der Waals surface area contributed by atoms with Crippen molar-refractivity contribution >= 4 is 32.5 Å². The molecule has 12 nitrogen and oxygen atoms in total. The average Bonchev–Trinajstić information content (AvgIpc) is 3.40. The lowest BCUT2D eigenvalue weighted by Gasteiger charge is -2.36. The predicted octanol–water partition coefficient (Wildman–Crippen LogP) is 3.44. The van der Waals surface area contributed by atoms with Gasteiger partial charge in [-0.05, 0) is 43.2 Å². The quantitative estimate of drug-likeness (QED) is 0.289. The highest BCUT2D eigenvalue weighted by atomic mass is 32.2. The van der Waals surface area contributed by atoms with Gasteiger partial charge in [0, 0.05) is 36.3 Å². The summed E-state index contributed by atoms with van der Waals surface area (Å²) in [6.07, 6.45) is 9.86. The molecule has 0 spiro atoms. The highest BCUT2D eigenvalue weighted by molar-refractivity contribution is 7.93. The molecule has 1 saturated heterocycles. The van der Waals surface area contributed by atoms with Crippen LogP contribution >= 0.6 is 0 Å². The van der Waals surface area contributed by atoms with Crippen LogP contribution in [0.4, 0.5) is 5.69 Å². The summed E-state index contributed by atoms with van der Waals surface area (Å²) in [5.74, 6) is -2.42. The molecule has 1 aliphatic carbocycles. The van der Waals surface area contributed by atoms with Gasteiger partial charge in [0.1, 0.15) is 17.3 Å². The van der Waals surface area contributed by atoms with Gasteiger partial charge in [0.15, 0.2) is 5.75 Å². The molecular weight excluding hydrogens is 540 g/mol. The zero-order valence-corrected chi connectivity index (χ0v) is 22.4. The maximum atomic E-state index is 14.3. The Morgan fingerprint density at radius 2 is 2.02 bits per heavy atom. The number of H-pyrrole nitrogens is 1. The van der Waals surface area contributed by atoms with Crippen LogP contribution in [0, 0.1) is 21.4 Å². The van der Waals surface area contributed by atoms with E-state index in [2.05, 4.69) is 9.97 Å². The molecule has 1 fully saturated rings. The Morgan fingerprint density at radius 3 is 2.75 bits per heavy atom. The van der Waals surface area contributed by atoms with E-state index >= 15 is 0 Å². The number of carbonyl (C=O) groups excluding carboxylic acids is 1. The molecule has 40 heavy (non-hydrogen) atoms. The van der Waals surface area contributed by atoms with Gasteiger partial charge < -0.3 is 24.9 Å². The summed E-state index contributed by atoms with van der Waals surface area (Å²) in [7, 11) is -4.65. The van der Waals surface area contributed by atoms with Crippen LogP contribution in [0.15, 0.2) is 71.9 Å². The lowest BCUT2D eigenvalue weighted by molar-refractivity contribution is -0.386. The minimum atomic E-state index is -4.65. The van der Waals surface area contributed by atoms with Gasteiger partial charge >= 0.3 is 5.69 Å². The molecule has 210 valence electrons. The fraction of sp³-hybridized carbons (Fsp3) is 0.333. The number of benzene rings is 1. The molecule has 2 atom stereocenters. The second-order valence-electron chi connectivity index (χ2n) is 10.1. The van der Waals surface area contributed by atoms with E-state index in [1.54, 1.807) is 18.3 Å². The van der Waals surface area contributed by atoms with Crippen molar-refractivity contribution in [1.82, 2.24) is 9.97 Å². The minimum absolute atomic E-state index is 0.0565. The molecule has 13 heteroatoms. The molecule has 2 aromatic heterocycles. The van der Waals surface area contributed by atoms with Crippen molar-refractivity contribution < 1.29 is 32.3 Å². The van der Waals surface area contributed by atoms with Gasteiger partial charge in [0.05, 0.1) is 22.6 Å². The summed E-state index contributed by atoms with van der Waals surface area (Å²) < 4.78 is 45.8. The number of rotatable bonds is 9. The van der Waals surface area contributed by atoms with Gasteiger partial charge in [-0.1, -0.05) is 25.2 Å². The Balaban J connectivity index is 1.55. The van der Waals surface area contributed by atoms with Gasteiger partial charge in [0.2, 0.25) is 20.7 Å². The van der Waals surface area contributed by atoms with E-state index in [0.717, 1.165) is 18.9 Å². The zero-order chi connectivity index (χ0) is 28.5. The number of allylic oxidation sites excluding steroid dienone is 2. The number of fused-ring (bicyclic) bond motifs is 1. The number of hydrogen-bond donors (Lipinski definition) is 2. The van der Waals surface area contributed by atoms with Gasteiger partial charge in [-0.15, -0.1) is 0 Å². The number of nitrogens with two attached hydrogens (primary N) is 1. The maximum absolute atomic E-state index is 14.3. The third kappa shape index (κ3) is 4.93. The molecule has 3 N–H and O–H groups in total. The largest absolute Gasteiger partial charge is 0.486 e. The summed E-state index contributed by atoms with van der Waals surface area (Å²) in [5.41, 5.74) is 5.42. The predicted molar refractivity (Wildman–Crippen MR) is 144 cm³/mol. The number of ether oxygens (including phenoxy) is 3. The number of hydrogen-bond acceptors (Lipinski definition) is 9. The van der Waals surface area contributed by atoms with Crippen LogP contribution in [0.5, 0.6) is 11.5 Å². The number of amides is 1. The third-order valence-corrected chi connectivity index (χ3v) is 9.46. The molecule has 2 aliphatic rings. The van der Waals surface area contributed by atoms with Crippen LogP contribution in [0.1, 0.15) is 19.8 Å². The highest BCUT2D eigenvalue weighted by Crippen LogP contribution is 2.42. The van der Waals surface area contributed by atoms with Crippen LogP contribution in [-0.2, 0) is 19.4 Å². The number of carbonyl (C=O) groups is 1. The number of primary amides is 1. The second kappa shape index (κ2) is 10.4. The first kappa shape index (κ1) is 27.3. The number of aromatic amines is 1. The van der Waals surface area contributed by atoms with Crippen LogP contribution in [0.3, 0.4) is 0 Å². The Hall–Kier alpha value is -4.23. The van der Waals surface area contributed by atoms with Crippen LogP contribution < -0.4 is 15.2 Å². The summed E-state index contributed by atoms with van der Waals surface area (Å²) in [6.45, 7) is 3.34. The Bertz CT molecular complexity index is 1620. The van der Waals surface area contributed by atoms with E-state index in [0.29, 0.717) is 24.2 Å². The van der Waals surface area contributed by atoms with Crippen molar-refractivity contribution in [3.63, 3.8) is 0 Å². The van der Waals surface area contributed by atoms with Crippen molar-refractivity contribution in [1.29, 1.82) is 0 Å². The maximum Gasteiger partial charge on any atom is 0.312 e. The Kier molecular flexibility index (Phi) is 7.10. The van der Waals surface area contributed by atoms with E-state index in [4.69, 9.17) is 19.9 Å². The molecule has 1 aliphatic heterocycles. The van der Waals surface area contributed by atoms with Crippen LogP contribution in [-0.4, -0.2) is 54.0 Å². The molecular formula is C27H28N4O8S. The number of nitro benzene ring substituents is 1. The zero-order valence-electron chi connectivity index (χ0n) is 21.6. The van der Waals surface area contributed by atoms with Crippen LogP contribution in [0.25, 0.3) is 11.0 Å². The standard InChI is InChI=1S/C27H28N4O8S/c1-26(9-12-37-13-10-26)17-38-23-6-5-20(15-22(23)31(33)34)40(35,36)27(8-3-2-4-21(27)24(28)32)39-19-14-18-7-11-29-25(18)30-16-19/h2-8,11,14-16,21H,9-10,12-13,17H2,1H3,(H2,28,32)(H,29,30). The van der Waals surface area contributed by atoms with Crippen LogP contribution in [0.2, 0.25) is 0 Å². The fourth-order valence-electron chi connectivity index (χ4n) is 4.84. The number of nitrogens with one attached hydrogen (secondary N) is 1.